The first-order chi connectivity index (χ1) is 18.1. The molecule has 1 amide bonds. The minimum Gasteiger partial charge on any atom is -0.474 e. The van der Waals surface area contributed by atoms with Crippen molar-refractivity contribution in [3.63, 3.8) is 0 Å². The summed E-state index contributed by atoms with van der Waals surface area (Å²) in [6.07, 6.45) is 1.63. The summed E-state index contributed by atoms with van der Waals surface area (Å²) in [6.45, 7) is 8.74. The summed E-state index contributed by atoms with van der Waals surface area (Å²) in [5, 5.41) is 0.607. The highest BCUT2D eigenvalue weighted by atomic mass is 32.1. The van der Waals surface area contributed by atoms with Crippen molar-refractivity contribution in [3.8, 4) is 28.0 Å². The van der Waals surface area contributed by atoms with E-state index in [1.165, 1.54) is 23.5 Å². The predicted octanol–water partition coefficient (Wildman–Crippen LogP) is 4.96. The topological polar surface area (TPSA) is 107 Å². The second kappa shape index (κ2) is 8.99. The molecule has 1 saturated heterocycles. The lowest BCUT2D eigenvalue weighted by molar-refractivity contribution is 0.0755. The number of fused-ring (bicyclic) bond motifs is 1. The molecule has 3 atom stereocenters. The zero-order valence-electron chi connectivity index (χ0n) is 21.6. The number of nitrogens with two attached hydrogens (primary N) is 1. The number of ether oxygens (including phenoxy) is 1. The van der Waals surface area contributed by atoms with Gasteiger partial charge in [0.15, 0.2) is 5.01 Å². The number of nitrogens with zero attached hydrogens (tertiary/aromatic N) is 4. The first kappa shape index (κ1) is 24.7. The number of halogens is 1. The number of thiazole rings is 1. The van der Waals surface area contributed by atoms with Gasteiger partial charge in [0.1, 0.15) is 22.6 Å². The van der Waals surface area contributed by atoms with Crippen LogP contribution in [0.25, 0.3) is 22.2 Å². The zero-order chi connectivity index (χ0) is 26.8. The summed E-state index contributed by atoms with van der Waals surface area (Å²) in [4.78, 5) is 29.2. The smallest absolute Gasteiger partial charge is 0.265 e. The average molecular weight is 534 g/mol. The lowest BCUT2D eigenvalue weighted by atomic mass is 9.95. The number of carbonyl (C=O) groups excluding carboxylic acids is 1. The number of oxazole rings is 1. The van der Waals surface area contributed by atoms with Crippen molar-refractivity contribution in [2.75, 3.05) is 13.1 Å². The monoisotopic (exact) mass is 533 g/mol. The van der Waals surface area contributed by atoms with Gasteiger partial charge in [-0.05, 0) is 63.6 Å². The first-order valence-corrected chi connectivity index (χ1v) is 13.3. The first-order valence-electron chi connectivity index (χ1n) is 12.5. The van der Waals surface area contributed by atoms with Crippen molar-refractivity contribution < 1.29 is 18.3 Å². The lowest BCUT2D eigenvalue weighted by Gasteiger charge is -2.22. The fraction of sp³-hybridized carbons (Fsp3) is 0.357. The number of aryl methyl sites for hydroxylation is 2. The Morgan fingerprint density at radius 1 is 1.16 bits per heavy atom. The molecular weight excluding hydrogens is 505 g/mol. The van der Waals surface area contributed by atoms with Gasteiger partial charge in [-0.15, -0.1) is 11.3 Å². The van der Waals surface area contributed by atoms with E-state index in [9.17, 15) is 9.18 Å². The van der Waals surface area contributed by atoms with Crippen LogP contribution in [0.4, 0.5) is 4.39 Å². The molecule has 0 unspecified atom stereocenters. The van der Waals surface area contributed by atoms with Gasteiger partial charge in [-0.25, -0.2) is 19.3 Å². The van der Waals surface area contributed by atoms with E-state index in [0.717, 1.165) is 11.1 Å². The number of aromatic nitrogens is 3. The Morgan fingerprint density at radius 3 is 2.50 bits per heavy atom. The SMILES string of the molecule is Cc1cnc(-c2nc(C)c(C(=O)N3C[C@@H]4[C@H](C3)[C@@H]4Oc3cc(C(C)(C)N)cc(-c4ccc(F)cc4)n3)s2)o1. The number of hydrogen-bond acceptors (Lipinski definition) is 8. The summed E-state index contributed by atoms with van der Waals surface area (Å²) in [5.74, 6) is 1.78. The number of rotatable bonds is 6. The minimum absolute atomic E-state index is 0.0165. The number of benzene rings is 1. The van der Waals surface area contributed by atoms with Crippen LogP contribution >= 0.6 is 11.3 Å². The molecule has 1 saturated carbocycles. The van der Waals surface area contributed by atoms with Crippen LogP contribution in [0.3, 0.4) is 0 Å². The normalized spacial score (nSPS) is 20.5. The van der Waals surface area contributed by atoms with Crippen LogP contribution in [-0.2, 0) is 5.54 Å². The fourth-order valence-corrected chi connectivity index (χ4v) is 5.91. The number of amides is 1. The van der Waals surface area contributed by atoms with Gasteiger partial charge in [0.2, 0.25) is 5.88 Å². The molecule has 8 nitrogen and oxygen atoms in total. The summed E-state index contributed by atoms with van der Waals surface area (Å²) in [7, 11) is 0. The highest BCUT2D eigenvalue weighted by molar-refractivity contribution is 7.17. The van der Waals surface area contributed by atoms with Gasteiger partial charge in [-0.3, -0.25) is 4.79 Å². The van der Waals surface area contributed by atoms with Gasteiger partial charge in [0.25, 0.3) is 11.8 Å². The molecule has 4 heterocycles. The fourth-order valence-electron chi connectivity index (χ4n) is 4.94. The van der Waals surface area contributed by atoms with E-state index in [-0.39, 0.29) is 29.7 Å². The van der Waals surface area contributed by atoms with Crippen molar-refractivity contribution in [1.29, 1.82) is 0 Å². The molecule has 1 aromatic carbocycles. The van der Waals surface area contributed by atoms with Crippen molar-refractivity contribution in [2.24, 2.45) is 17.6 Å². The number of hydrogen-bond donors (Lipinski definition) is 1. The summed E-state index contributed by atoms with van der Waals surface area (Å²) in [5.41, 5.74) is 8.81. The molecule has 0 bridgehead atoms. The van der Waals surface area contributed by atoms with Crippen molar-refractivity contribution in [3.05, 3.63) is 70.3 Å². The van der Waals surface area contributed by atoms with Gasteiger partial charge in [-0.1, -0.05) is 0 Å². The summed E-state index contributed by atoms with van der Waals surface area (Å²) >= 11 is 1.31. The second-order valence-corrected chi connectivity index (χ2v) is 11.6. The number of pyridine rings is 1. The van der Waals surface area contributed by atoms with E-state index < -0.39 is 5.54 Å². The Bertz CT molecular complexity index is 1510. The molecule has 2 aliphatic rings. The van der Waals surface area contributed by atoms with Crippen LogP contribution < -0.4 is 10.5 Å². The Hall–Kier alpha value is -3.63. The van der Waals surface area contributed by atoms with Crippen LogP contribution in [0.15, 0.2) is 47.0 Å². The van der Waals surface area contributed by atoms with Crippen LogP contribution in [-0.4, -0.2) is 45.0 Å². The van der Waals surface area contributed by atoms with E-state index >= 15 is 0 Å². The van der Waals surface area contributed by atoms with E-state index in [1.807, 2.05) is 44.7 Å². The molecule has 0 radical (unpaired) electrons. The molecule has 3 aromatic heterocycles. The van der Waals surface area contributed by atoms with E-state index in [4.69, 9.17) is 19.9 Å². The van der Waals surface area contributed by atoms with Crippen LogP contribution in [0.2, 0.25) is 0 Å². The third-order valence-corrected chi connectivity index (χ3v) is 8.27. The number of likely N-dealkylation sites (tertiary alicyclic amines) is 1. The number of piperidine rings is 1. The third kappa shape index (κ3) is 4.58. The highest BCUT2D eigenvalue weighted by Crippen LogP contribution is 2.48. The van der Waals surface area contributed by atoms with Gasteiger partial charge < -0.3 is 19.8 Å². The minimum atomic E-state index is -0.603. The van der Waals surface area contributed by atoms with Gasteiger partial charge in [0.05, 0.1) is 17.6 Å². The van der Waals surface area contributed by atoms with Crippen molar-refractivity contribution in [2.45, 2.75) is 39.3 Å². The molecule has 38 heavy (non-hydrogen) atoms. The molecule has 1 aliphatic heterocycles. The largest absolute Gasteiger partial charge is 0.474 e. The lowest BCUT2D eigenvalue weighted by Crippen LogP contribution is -2.33. The number of carbonyl (C=O) groups is 1. The van der Waals surface area contributed by atoms with Crippen LogP contribution in [0, 0.1) is 31.5 Å². The summed E-state index contributed by atoms with van der Waals surface area (Å²) < 4.78 is 25.4. The average Bonchev–Trinajstić information content (AvgIpc) is 3.31. The predicted molar refractivity (Wildman–Crippen MR) is 141 cm³/mol. The van der Waals surface area contributed by atoms with Crippen LogP contribution in [0.5, 0.6) is 5.88 Å². The van der Waals surface area contributed by atoms with Gasteiger partial charge >= 0.3 is 0 Å². The van der Waals surface area contributed by atoms with Crippen LogP contribution in [0.1, 0.15) is 40.5 Å². The summed E-state index contributed by atoms with van der Waals surface area (Å²) in [6, 6.07) is 10.00. The molecule has 196 valence electrons. The second-order valence-electron chi connectivity index (χ2n) is 10.6. The quantitative estimate of drug-likeness (QED) is 0.373. The molecule has 10 heteroatoms. The van der Waals surface area contributed by atoms with Gasteiger partial charge in [-0.2, -0.15) is 0 Å². The van der Waals surface area contributed by atoms with E-state index in [0.29, 0.717) is 51.9 Å². The molecule has 2 fully saturated rings. The molecule has 0 spiro atoms. The maximum absolute atomic E-state index is 13.5. The van der Waals surface area contributed by atoms with Crippen molar-refractivity contribution >= 4 is 17.2 Å². The third-order valence-electron chi connectivity index (χ3n) is 7.14. The standard InChI is InChI=1S/C28H28FN5O3S/c1-14-11-31-25(36-14)26-32-15(2)24(38-26)27(35)34-12-19-20(13-34)23(19)37-22-10-17(28(3,4)30)9-21(33-22)16-5-7-18(29)8-6-16/h5-11,19-20,23H,12-13,30H2,1-4H3/t19-,20+,23-. The Labute approximate surface area is 223 Å². The Balaban J connectivity index is 1.16. The molecule has 1 aliphatic carbocycles. The zero-order valence-corrected chi connectivity index (χ0v) is 22.4. The maximum atomic E-state index is 13.5. The molecule has 4 aromatic rings. The van der Waals surface area contributed by atoms with E-state index in [1.54, 1.807) is 18.3 Å². The molecular formula is C28H28FN5O3S. The van der Waals surface area contributed by atoms with E-state index in [2.05, 4.69) is 9.97 Å². The van der Waals surface area contributed by atoms with Gasteiger partial charge in [0, 0.05) is 42.1 Å². The highest BCUT2D eigenvalue weighted by Gasteiger charge is 2.59. The maximum Gasteiger partial charge on any atom is 0.265 e. The molecule has 2 N–H and O–H groups in total. The Kier molecular flexibility index (Phi) is 5.84. The van der Waals surface area contributed by atoms with Crippen molar-refractivity contribution in [1.82, 2.24) is 19.9 Å². The molecule has 6 rings (SSSR count). The Morgan fingerprint density at radius 2 is 1.87 bits per heavy atom.